The first-order valence-corrected chi connectivity index (χ1v) is 28.2. The van der Waals surface area contributed by atoms with Crippen molar-refractivity contribution in [3.8, 4) is 0 Å². The number of hydrogen-bond acceptors (Lipinski definition) is 6. The molecule has 0 radical (unpaired) electrons. The van der Waals surface area contributed by atoms with E-state index >= 15 is 0 Å². The van der Waals surface area contributed by atoms with Gasteiger partial charge in [-0.25, -0.2) is 0 Å². The van der Waals surface area contributed by atoms with Gasteiger partial charge in [0.05, 0.1) is 0 Å². The summed E-state index contributed by atoms with van der Waals surface area (Å²) in [4.78, 5) is 38.1. The molecule has 0 fully saturated rings. The monoisotopic (exact) mass is 933 g/mol. The van der Waals surface area contributed by atoms with Gasteiger partial charge in [0.15, 0.2) is 6.10 Å². The highest BCUT2D eigenvalue weighted by Crippen LogP contribution is 2.14. The maximum atomic E-state index is 12.8. The van der Waals surface area contributed by atoms with Crippen molar-refractivity contribution in [1.82, 2.24) is 0 Å². The van der Waals surface area contributed by atoms with Gasteiger partial charge < -0.3 is 14.2 Å². The van der Waals surface area contributed by atoms with Crippen LogP contribution in [0.1, 0.15) is 265 Å². The summed E-state index contributed by atoms with van der Waals surface area (Å²) in [6.07, 6.45) is 71.5. The molecule has 0 saturated heterocycles. The smallest absolute Gasteiger partial charge is 0.306 e. The summed E-state index contributed by atoms with van der Waals surface area (Å²) in [6, 6.07) is 0. The van der Waals surface area contributed by atoms with E-state index in [9.17, 15) is 14.4 Å². The Labute approximate surface area is 414 Å². The van der Waals surface area contributed by atoms with Crippen LogP contribution in [0.2, 0.25) is 0 Å². The summed E-state index contributed by atoms with van der Waals surface area (Å²) in [5.41, 5.74) is 0. The zero-order valence-corrected chi connectivity index (χ0v) is 43.9. The van der Waals surface area contributed by atoms with Crippen LogP contribution in [0.3, 0.4) is 0 Å². The first kappa shape index (κ1) is 63.6. The Balaban J connectivity index is 4.45. The number of carbonyl (C=O) groups excluding carboxylic acids is 3. The van der Waals surface area contributed by atoms with Gasteiger partial charge in [-0.15, -0.1) is 0 Å². The number of carbonyl (C=O) groups is 3. The molecule has 0 N–H and O–H groups in total. The Morgan fingerprint density at radius 1 is 0.313 bits per heavy atom. The van der Waals surface area contributed by atoms with E-state index in [0.717, 1.165) is 103 Å². The van der Waals surface area contributed by atoms with Gasteiger partial charge in [-0.1, -0.05) is 241 Å². The van der Waals surface area contributed by atoms with Gasteiger partial charge in [0.25, 0.3) is 0 Å². The molecule has 0 heterocycles. The Morgan fingerprint density at radius 2 is 0.597 bits per heavy atom. The lowest BCUT2D eigenvalue weighted by Crippen LogP contribution is -2.30. The highest BCUT2D eigenvalue weighted by atomic mass is 16.6. The summed E-state index contributed by atoms with van der Waals surface area (Å²) in [5.74, 6) is -0.959. The molecular weight excluding hydrogens is 829 g/mol. The van der Waals surface area contributed by atoms with Crippen LogP contribution in [0.25, 0.3) is 0 Å². The van der Waals surface area contributed by atoms with E-state index in [1.807, 2.05) is 36.5 Å². The molecule has 0 saturated carbocycles. The Hall–Kier alpha value is -3.41. The minimum atomic E-state index is -0.804. The van der Waals surface area contributed by atoms with Crippen molar-refractivity contribution >= 4 is 17.9 Å². The molecule has 0 aliphatic rings. The number of esters is 3. The summed E-state index contributed by atoms with van der Waals surface area (Å²) >= 11 is 0. The van der Waals surface area contributed by atoms with Gasteiger partial charge in [0, 0.05) is 19.3 Å². The van der Waals surface area contributed by atoms with Crippen LogP contribution in [-0.2, 0) is 28.6 Å². The largest absolute Gasteiger partial charge is 0.462 e. The van der Waals surface area contributed by atoms with Crippen LogP contribution < -0.4 is 0 Å². The molecule has 0 aromatic carbocycles. The van der Waals surface area contributed by atoms with Gasteiger partial charge in [-0.05, 0) is 89.9 Å². The lowest BCUT2D eigenvalue weighted by Gasteiger charge is -2.18. The summed E-state index contributed by atoms with van der Waals surface area (Å²) in [5, 5.41) is 0. The molecule has 0 rings (SSSR count). The van der Waals surface area contributed by atoms with Crippen LogP contribution in [0.4, 0.5) is 0 Å². The van der Waals surface area contributed by atoms with Crippen LogP contribution >= 0.6 is 0 Å². The summed E-state index contributed by atoms with van der Waals surface area (Å²) in [7, 11) is 0. The molecule has 0 aliphatic carbocycles. The van der Waals surface area contributed by atoms with Crippen molar-refractivity contribution in [3.05, 3.63) is 85.1 Å². The van der Waals surface area contributed by atoms with E-state index in [1.54, 1.807) is 0 Å². The zero-order chi connectivity index (χ0) is 48.6. The fraction of sp³-hybridized carbons (Fsp3) is 0.721. The average Bonchev–Trinajstić information content (AvgIpc) is 3.33. The van der Waals surface area contributed by atoms with Crippen molar-refractivity contribution in [1.29, 1.82) is 0 Å². The lowest BCUT2D eigenvalue weighted by molar-refractivity contribution is -0.167. The van der Waals surface area contributed by atoms with E-state index in [1.165, 1.54) is 122 Å². The minimum Gasteiger partial charge on any atom is -0.462 e. The van der Waals surface area contributed by atoms with E-state index in [2.05, 4.69) is 69.4 Å². The fourth-order valence-corrected chi connectivity index (χ4v) is 7.73. The third-order valence-electron chi connectivity index (χ3n) is 12.0. The van der Waals surface area contributed by atoms with Crippen LogP contribution in [0.5, 0.6) is 0 Å². The standard InChI is InChI=1S/C61H104O6/c1-4-7-10-13-16-19-22-25-27-29-31-33-36-39-42-45-48-51-54-60(63)66-57-58(56-65-59(62)53-50-47-44-41-38-35-24-21-18-15-12-9-6-3)67-61(64)55-52-49-46-43-40-37-34-32-30-28-26-23-20-17-14-11-8-5-2/h9,12,15,18,21,24,27,29,31-35,38,58H,4-8,10-11,13-14,16-17,19-20,22-23,25-26,28,30,36-37,39-57H2,1-3H3/b12-9-,18-15-,24-21-,29-27-,33-31-,34-32-,38-35-. The number of rotatable bonds is 50. The lowest BCUT2D eigenvalue weighted by atomic mass is 10.1. The SMILES string of the molecule is CC\C=C/C=C\C=C/C=C\CCCCCC(=O)OCC(COC(=O)CCCCCCC/C=C\C=C/CCCCCCCCC)OC(=O)CCCCCCC/C=C\CCCCCCCCCCC. The van der Waals surface area contributed by atoms with Crippen LogP contribution in [-0.4, -0.2) is 37.2 Å². The number of unbranched alkanes of at least 4 members (excludes halogenated alkanes) is 29. The summed E-state index contributed by atoms with van der Waals surface area (Å²) < 4.78 is 16.8. The first-order valence-electron chi connectivity index (χ1n) is 28.2. The van der Waals surface area contributed by atoms with Gasteiger partial charge in [-0.3, -0.25) is 14.4 Å². The molecule has 384 valence electrons. The van der Waals surface area contributed by atoms with E-state index in [0.29, 0.717) is 19.3 Å². The maximum Gasteiger partial charge on any atom is 0.306 e. The van der Waals surface area contributed by atoms with Crippen molar-refractivity contribution in [3.63, 3.8) is 0 Å². The number of hydrogen-bond donors (Lipinski definition) is 0. The normalized spacial score (nSPS) is 12.7. The third kappa shape index (κ3) is 53.4. The Kier molecular flexibility index (Phi) is 52.4. The number of ether oxygens (including phenoxy) is 3. The van der Waals surface area contributed by atoms with Gasteiger partial charge in [-0.2, -0.15) is 0 Å². The van der Waals surface area contributed by atoms with E-state index in [4.69, 9.17) is 14.2 Å². The quantitative estimate of drug-likeness (QED) is 0.0199. The molecule has 0 amide bonds. The van der Waals surface area contributed by atoms with Crippen molar-refractivity contribution in [2.45, 2.75) is 271 Å². The first-order chi connectivity index (χ1) is 33.0. The molecular formula is C61H104O6. The van der Waals surface area contributed by atoms with Gasteiger partial charge in [0.2, 0.25) is 0 Å². The van der Waals surface area contributed by atoms with Crippen LogP contribution in [0, 0.1) is 0 Å². The average molecular weight is 933 g/mol. The topological polar surface area (TPSA) is 78.9 Å². The molecule has 6 nitrogen and oxygen atoms in total. The fourth-order valence-electron chi connectivity index (χ4n) is 7.73. The summed E-state index contributed by atoms with van der Waals surface area (Å²) in [6.45, 7) is 6.45. The maximum absolute atomic E-state index is 12.8. The second-order valence-electron chi connectivity index (χ2n) is 18.6. The molecule has 0 aliphatic heterocycles. The highest BCUT2D eigenvalue weighted by Gasteiger charge is 2.19. The highest BCUT2D eigenvalue weighted by molar-refractivity contribution is 5.71. The minimum absolute atomic E-state index is 0.101. The van der Waals surface area contributed by atoms with Gasteiger partial charge >= 0.3 is 17.9 Å². The Morgan fingerprint density at radius 3 is 0.985 bits per heavy atom. The molecule has 0 aromatic heterocycles. The molecule has 0 aromatic rings. The second-order valence-corrected chi connectivity index (χ2v) is 18.6. The zero-order valence-electron chi connectivity index (χ0n) is 43.9. The predicted molar refractivity (Wildman–Crippen MR) is 288 cm³/mol. The molecule has 1 unspecified atom stereocenters. The predicted octanol–water partition coefficient (Wildman–Crippen LogP) is 18.8. The van der Waals surface area contributed by atoms with Crippen LogP contribution in [0.15, 0.2) is 85.1 Å². The van der Waals surface area contributed by atoms with Gasteiger partial charge in [0.1, 0.15) is 13.2 Å². The van der Waals surface area contributed by atoms with E-state index in [-0.39, 0.29) is 31.1 Å². The third-order valence-corrected chi connectivity index (χ3v) is 12.0. The molecule has 0 spiro atoms. The van der Waals surface area contributed by atoms with Crippen molar-refractivity contribution < 1.29 is 28.6 Å². The molecule has 1 atom stereocenters. The van der Waals surface area contributed by atoms with Crippen molar-refractivity contribution in [2.75, 3.05) is 13.2 Å². The number of allylic oxidation sites excluding steroid dienone is 14. The van der Waals surface area contributed by atoms with E-state index < -0.39 is 6.10 Å². The molecule has 67 heavy (non-hydrogen) atoms. The molecule has 6 heteroatoms. The van der Waals surface area contributed by atoms with Crippen molar-refractivity contribution in [2.24, 2.45) is 0 Å². The Bertz CT molecular complexity index is 1300. The molecule has 0 bridgehead atoms. The second kappa shape index (κ2) is 55.2.